The Kier molecular flexibility index (Phi) is 7.09. The van der Waals surface area contributed by atoms with Crippen molar-refractivity contribution in [3.63, 3.8) is 0 Å². The molecule has 24 heavy (non-hydrogen) atoms. The summed E-state index contributed by atoms with van der Waals surface area (Å²) in [4.78, 5) is 14.5. The van der Waals surface area contributed by atoms with Gasteiger partial charge in [-0.15, -0.1) is 0 Å². The van der Waals surface area contributed by atoms with E-state index >= 15 is 0 Å². The highest BCUT2D eigenvalue weighted by Crippen LogP contribution is 2.20. The van der Waals surface area contributed by atoms with Gasteiger partial charge in [0.05, 0.1) is 6.61 Å². The molecule has 0 atom stereocenters. The molecule has 4 nitrogen and oxygen atoms in total. The van der Waals surface area contributed by atoms with Crippen LogP contribution in [-0.4, -0.2) is 37.7 Å². The van der Waals surface area contributed by atoms with E-state index < -0.39 is 0 Å². The van der Waals surface area contributed by atoms with Gasteiger partial charge in [-0.3, -0.25) is 4.79 Å². The summed E-state index contributed by atoms with van der Waals surface area (Å²) in [6.45, 7) is 3.98. The van der Waals surface area contributed by atoms with Gasteiger partial charge in [-0.1, -0.05) is 35.9 Å². The van der Waals surface area contributed by atoms with Crippen molar-refractivity contribution in [2.75, 3.05) is 26.9 Å². The van der Waals surface area contributed by atoms with Gasteiger partial charge in [0.2, 0.25) is 0 Å². The van der Waals surface area contributed by atoms with E-state index in [1.165, 1.54) is 0 Å². The fourth-order valence-corrected chi connectivity index (χ4v) is 2.50. The third-order valence-electron chi connectivity index (χ3n) is 3.63. The minimum atomic E-state index is -0.0467. The Bertz CT molecular complexity index is 675. The zero-order chi connectivity index (χ0) is 17.4. The first-order chi connectivity index (χ1) is 11.7. The number of carbonyl (C=O) groups is 1. The predicted molar refractivity (Wildman–Crippen MR) is 95.7 cm³/mol. The van der Waals surface area contributed by atoms with Crippen molar-refractivity contribution in [1.29, 1.82) is 0 Å². The van der Waals surface area contributed by atoms with Crippen LogP contribution in [0.15, 0.2) is 48.5 Å². The fourth-order valence-electron chi connectivity index (χ4n) is 2.30. The molecule has 2 aromatic rings. The van der Waals surface area contributed by atoms with E-state index in [0.29, 0.717) is 42.6 Å². The highest BCUT2D eigenvalue weighted by Gasteiger charge is 2.16. The van der Waals surface area contributed by atoms with Gasteiger partial charge in [0.1, 0.15) is 12.4 Å². The monoisotopic (exact) mass is 347 g/mol. The average molecular weight is 348 g/mol. The molecular formula is C19H22ClNO3. The number of nitrogens with zero attached hydrogens (tertiary/aromatic N) is 1. The number of ether oxygens (including phenoxy) is 2. The first-order valence-electron chi connectivity index (χ1n) is 7.90. The molecule has 0 unspecified atom stereocenters. The maximum absolute atomic E-state index is 12.8. The molecule has 0 heterocycles. The summed E-state index contributed by atoms with van der Waals surface area (Å²) in [5.74, 6) is 0.612. The topological polar surface area (TPSA) is 38.8 Å². The summed E-state index contributed by atoms with van der Waals surface area (Å²) >= 11 is 6.20. The maximum atomic E-state index is 12.8. The number of amides is 1. The van der Waals surface area contributed by atoms with E-state index in [1.807, 2.05) is 43.3 Å². The van der Waals surface area contributed by atoms with Gasteiger partial charge >= 0.3 is 0 Å². The number of hydrogen-bond acceptors (Lipinski definition) is 3. The van der Waals surface area contributed by atoms with Gasteiger partial charge in [0.25, 0.3) is 5.91 Å². The van der Waals surface area contributed by atoms with E-state index in [4.69, 9.17) is 21.1 Å². The Morgan fingerprint density at radius 2 is 1.92 bits per heavy atom. The van der Waals surface area contributed by atoms with Gasteiger partial charge in [0, 0.05) is 30.8 Å². The zero-order valence-corrected chi connectivity index (χ0v) is 14.8. The largest absolute Gasteiger partial charge is 0.491 e. The molecule has 0 aromatic heterocycles. The molecule has 0 radical (unpaired) electrons. The number of rotatable bonds is 8. The standard InChI is InChI=1S/C19H22ClNO3/c1-3-21(14-16-7-4-5-10-18(16)20)19(22)15-8-6-9-17(13-15)24-12-11-23-2/h4-10,13H,3,11-12,14H2,1-2H3. The molecule has 0 bridgehead atoms. The minimum Gasteiger partial charge on any atom is -0.491 e. The van der Waals surface area contributed by atoms with Crippen LogP contribution in [0.2, 0.25) is 5.02 Å². The van der Waals surface area contributed by atoms with Crippen molar-refractivity contribution >= 4 is 17.5 Å². The molecule has 2 aromatic carbocycles. The Hall–Kier alpha value is -2.04. The van der Waals surface area contributed by atoms with E-state index in [0.717, 1.165) is 5.56 Å². The zero-order valence-electron chi connectivity index (χ0n) is 14.0. The van der Waals surface area contributed by atoms with Crippen molar-refractivity contribution in [2.45, 2.75) is 13.5 Å². The number of benzene rings is 2. The summed E-state index contributed by atoms with van der Waals surface area (Å²) in [6.07, 6.45) is 0. The molecule has 0 aliphatic carbocycles. The summed E-state index contributed by atoms with van der Waals surface area (Å²) in [5, 5.41) is 0.667. The lowest BCUT2D eigenvalue weighted by Crippen LogP contribution is -2.30. The van der Waals surface area contributed by atoms with Gasteiger partial charge < -0.3 is 14.4 Å². The van der Waals surface area contributed by atoms with Gasteiger partial charge in [-0.2, -0.15) is 0 Å². The van der Waals surface area contributed by atoms with Crippen LogP contribution in [0.5, 0.6) is 5.75 Å². The number of hydrogen-bond donors (Lipinski definition) is 0. The second kappa shape index (κ2) is 9.30. The molecule has 2 rings (SSSR count). The van der Waals surface area contributed by atoms with Crippen molar-refractivity contribution in [3.05, 3.63) is 64.7 Å². The van der Waals surface area contributed by atoms with Crippen LogP contribution in [0.1, 0.15) is 22.8 Å². The molecule has 0 aliphatic heterocycles. The fraction of sp³-hybridized carbons (Fsp3) is 0.316. The average Bonchev–Trinajstić information content (AvgIpc) is 2.61. The quantitative estimate of drug-likeness (QED) is 0.677. The lowest BCUT2D eigenvalue weighted by atomic mass is 10.1. The SMILES string of the molecule is CCN(Cc1ccccc1Cl)C(=O)c1cccc(OCCOC)c1. The van der Waals surface area contributed by atoms with Gasteiger partial charge in [-0.05, 0) is 36.8 Å². The molecule has 1 amide bonds. The molecule has 0 spiro atoms. The third-order valence-corrected chi connectivity index (χ3v) is 3.99. The Labute approximate surface area is 147 Å². The van der Waals surface area contributed by atoms with Crippen molar-refractivity contribution in [1.82, 2.24) is 4.90 Å². The highest BCUT2D eigenvalue weighted by atomic mass is 35.5. The molecule has 0 aliphatic rings. The van der Waals surface area contributed by atoms with E-state index in [2.05, 4.69) is 0 Å². The maximum Gasteiger partial charge on any atom is 0.254 e. The van der Waals surface area contributed by atoms with Crippen molar-refractivity contribution in [3.8, 4) is 5.75 Å². The molecular weight excluding hydrogens is 326 g/mol. The Morgan fingerprint density at radius 3 is 2.62 bits per heavy atom. The first kappa shape index (κ1) is 18.3. The van der Waals surface area contributed by atoms with Crippen LogP contribution >= 0.6 is 11.6 Å². The lowest BCUT2D eigenvalue weighted by Gasteiger charge is -2.22. The molecule has 0 saturated carbocycles. The third kappa shape index (κ3) is 4.98. The smallest absolute Gasteiger partial charge is 0.254 e. The Balaban J connectivity index is 2.10. The normalized spacial score (nSPS) is 10.5. The summed E-state index contributed by atoms with van der Waals surface area (Å²) in [6, 6.07) is 14.8. The van der Waals surface area contributed by atoms with Crippen LogP contribution in [0.25, 0.3) is 0 Å². The van der Waals surface area contributed by atoms with Crippen molar-refractivity contribution < 1.29 is 14.3 Å². The summed E-state index contributed by atoms with van der Waals surface area (Å²) in [5.41, 5.74) is 1.53. The molecule has 5 heteroatoms. The van der Waals surface area contributed by atoms with Gasteiger partial charge in [0.15, 0.2) is 0 Å². The van der Waals surface area contributed by atoms with Crippen LogP contribution in [-0.2, 0) is 11.3 Å². The van der Waals surface area contributed by atoms with Crippen LogP contribution in [0.4, 0.5) is 0 Å². The van der Waals surface area contributed by atoms with Crippen LogP contribution in [0.3, 0.4) is 0 Å². The molecule has 0 fully saturated rings. The predicted octanol–water partition coefficient (Wildman–Crippen LogP) is 4.03. The highest BCUT2D eigenvalue weighted by molar-refractivity contribution is 6.31. The van der Waals surface area contributed by atoms with E-state index in [1.54, 1.807) is 24.1 Å². The molecule has 0 N–H and O–H groups in total. The number of carbonyl (C=O) groups excluding carboxylic acids is 1. The molecule has 0 saturated heterocycles. The van der Waals surface area contributed by atoms with Crippen molar-refractivity contribution in [2.24, 2.45) is 0 Å². The second-order valence-corrected chi connectivity index (χ2v) is 5.69. The summed E-state index contributed by atoms with van der Waals surface area (Å²) in [7, 11) is 1.62. The van der Waals surface area contributed by atoms with E-state index in [-0.39, 0.29) is 5.91 Å². The minimum absolute atomic E-state index is 0.0467. The lowest BCUT2D eigenvalue weighted by molar-refractivity contribution is 0.0752. The summed E-state index contributed by atoms with van der Waals surface area (Å²) < 4.78 is 10.5. The van der Waals surface area contributed by atoms with Gasteiger partial charge in [-0.25, -0.2) is 0 Å². The molecule has 128 valence electrons. The van der Waals surface area contributed by atoms with Crippen LogP contribution in [0, 0.1) is 0 Å². The van der Waals surface area contributed by atoms with E-state index in [9.17, 15) is 4.79 Å². The number of halogens is 1. The Morgan fingerprint density at radius 1 is 1.12 bits per heavy atom. The second-order valence-electron chi connectivity index (χ2n) is 5.28. The first-order valence-corrected chi connectivity index (χ1v) is 8.28. The number of methoxy groups -OCH3 is 1. The van der Waals surface area contributed by atoms with Crippen LogP contribution < -0.4 is 4.74 Å².